The van der Waals surface area contributed by atoms with Gasteiger partial charge in [-0.15, -0.1) is 0 Å². The maximum Gasteiger partial charge on any atom is 0.269 e. The predicted molar refractivity (Wildman–Crippen MR) is 116 cm³/mol. The number of amides is 1. The molecule has 0 saturated carbocycles. The number of carbonyl (C=O) groups excluding carboxylic acids is 1. The number of likely N-dealkylation sites (N-methyl/N-ethyl adjacent to an activating group) is 1. The molecule has 0 radical (unpaired) electrons. The van der Waals surface area contributed by atoms with Gasteiger partial charge < -0.3 is 15.4 Å². The quantitative estimate of drug-likeness (QED) is 0.623. The smallest absolute Gasteiger partial charge is 0.269 e. The molecule has 1 aliphatic heterocycles. The molecule has 1 aliphatic rings. The van der Waals surface area contributed by atoms with Gasteiger partial charge in [0.25, 0.3) is 5.91 Å². The summed E-state index contributed by atoms with van der Waals surface area (Å²) in [4.78, 5) is 27.4. The average molecular weight is 406 g/mol. The maximum atomic E-state index is 11.7. The number of benzene rings is 1. The van der Waals surface area contributed by atoms with E-state index in [9.17, 15) is 4.79 Å². The number of fused-ring (bicyclic) bond motifs is 1. The molecule has 1 aromatic carbocycles. The van der Waals surface area contributed by atoms with Crippen molar-refractivity contribution < 1.29 is 9.53 Å². The van der Waals surface area contributed by atoms with E-state index in [0.29, 0.717) is 29.2 Å². The van der Waals surface area contributed by atoms with Crippen LogP contribution in [-0.2, 0) is 0 Å². The first-order valence-corrected chi connectivity index (χ1v) is 10.3. The van der Waals surface area contributed by atoms with E-state index in [1.165, 1.54) is 19.4 Å². The standard InChI is InChI=1S/C22H26N6O2/c1-3-28-10-4-5-16(28)14-26-22-25-13-15-11-17(6-7-19(15)27-22)30-18-8-9-24-20(12-18)21(29)23-2/h6-9,11-13,16H,3-5,10,14H2,1-2H3,(H,23,29)(H,25,26,27). The Morgan fingerprint density at radius 2 is 2.10 bits per heavy atom. The van der Waals surface area contributed by atoms with E-state index in [0.717, 1.165) is 24.0 Å². The zero-order valence-electron chi connectivity index (χ0n) is 17.3. The number of nitrogens with one attached hydrogen (secondary N) is 2. The van der Waals surface area contributed by atoms with Gasteiger partial charge in [-0.3, -0.25) is 14.7 Å². The Bertz CT molecular complexity index is 1040. The van der Waals surface area contributed by atoms with E-state index in [1.807, 2.05) is 18.2 Å². The number of pyridine rings is 1. The monoisotopic (exact) mass is 406 g/mol. The van der Waals surface area contributed by atoms with E-state index in [4.69, 9.17) is 4.74 Å². The van der Waals surface area contributed by atoms with Gasteiger partial charge in [0.15, 0.2) is 0 Å². The first-order valence-electron chi connectivity index (χ1n) is 10.3. The van der Waals surface area contributed by atoms with Crippen molar-refractivity contribution in [3.8, 4) is 11.5 Å². The molecule has 2 N–H and O–H groups in total. The summed E-state index contributed by atoms with van der Waals surface area (Å²) in [7, 11) is 1.57. The van der Waals surface area contributed by atoms with Crippen LogP contribution in [0.5, 0.6) is 11.5 Å². The summed E-state index contributed by atoms with van der Waals surface area (Å²) in [5, 5.41) is 6.82. The third-order valence-corrected chi connectivity index (χ3v) is 5.38. The van der Waals surface area contributed by atoms with Gasteiger partial charge in [-0.2, -0.15) is 0 Å². The van der Waals surface area contributed by atoms with Gasteiger partial charge in [-0.25, -0.2) is 9.97 Å². The molecule has 0 spiro atoms. The van der Waals surface area contributed by atoms with Crippen LogP contribution in [-0.4, -0.2) is 58.5 Å². The van der Waals surface area contributed by atoms with Gasteiger partial charge >= 0.3 is 0 Å². The zero-order chi connectivity index (χ0) is 20.9. The predicted octanol–water partition coefficient (Wildman–Crippen LogP) is 3.07. The van der Waals surface area contributed by atoms with Crippen molar-refractivity contribution in [1.29, 1.82) is 0 Å². The molecule has 0 bridgehead atoms. The SMILES string of the molecule is CCN1CCCC1CNc1ncc2cc(Oc3ccnc(C(=O)NC)c3)ccc2n1. The molecule has 1 fully saturated rings. The number of likely N-dealkylation sites (tertiary alicyclic amines) is 1. The lowest BCUT2D eigenvalue weighted by atomic mass is 10.2. The normalized spacial score (nSPS) is 16.5. The van der Waals surface area contributed by atoms with E-state index in [2.05, 4.69) is 37.4 Å². The molecular formula is C22H26N6O2. The van der Waals surface area contributed by atoms with Crippen LogP contribution in [0.25, 0.3) is 10.9 Å². The Labute approximate surface area is 175 Å². The van der Waals surface area contributed by atoms with Crippen LogP contribution in [0.3, 0.4) is 0 Å². The summed E-state index contributed by atoms with van der Waals surface area (Å²) in [5.41, 5.74) is 1.15. The molecule has 3 heterocycles. The fraction of sp³-hybridized carbons (Fsp3) is 0.364. The Kier molecular flexibility index (Phi) is 6.04. The lowest BCUT2D eigenvalue weighted by Gasteiger charge is -2.22. The number of ether oxygens (including phenoxy) is 1. The largest absolute Gasteiger partial charge is 0.457 e. The van der Waals surface area contributed by atoms with Crippen molar-refractivity contribution in [2.45, 2.75) is 25.8 Å². The van der Waals surface area contributed by atoms with Crippen LogP contribution < -0.4 is 15.4 Å². The number of aromatic nitrogens is 3. The first kappa shape index (κ1) is 20.0. The van der Waals surface area contributed by atoms with Crippen molar-refractivity contribution in [1.82, 2.24) is 25.2 Å². The van der Waals surface area contributed by atoms with Crippen LogP contribution in [0.1, 0.15) is 30.3 Å². The van der Waals surface area contributed by atoms with Crippen LogP contribution in [0.15, 0.2) is 42.7 Å². The second kappa shape index (κ2) is 9.04. The van der Waals surface area contributed by atoms with Crippen molar-refractivity contribution >= 4 is 22.8 Å². The molecule has 8 heteroatoms. The van der Waals surface area contributed by atoms with Crippen LogP contribution in [0.4, 0.5) is 5.95 Å². The van der Waals surface area contributed by atoms with E-state index < -0.39 is 0 Å². The Hall–Kier alpha value is -3.26. The van der Waals surface area contributed by atoms with Gasteiger partial charge in [0.2, 0.25) is 5.95 Å². The summed E-state index contributed by atoms with van der Waals surface area (Å²) in [6, 6.07) is 9.51. The van der Waals surface area contributed by atoms with Crippen molar-refractivity contribution in [2.24, 2.45) is 0 Å². The molecular weight excluding hydrogens is 380 g/mol. The van der Waals surface area contributed by atoms with Gasteiger partial charge in [0, 0.05) is 43.5 Å². The second-order valence-electron chi connectivity index (χ2n) is 7.28. The van der Waals surface area contributed by atoms with Crippen molar-refractivity contribution in [3.05, 3.63) is 48.4 Å². The van der Waals surface area contributed by atoms with Gasteiger partial charge in [-0.1, -0.05) is 6.92 Å². The minimum Gasteiger partial charge on any atom is -0.457 e. The summed E-state index contributed by atoms with van der Waals surface area (Å²) in [6.07, 6.45) is 5.81. The lowest BCUT2D eigenvalue weighted by Crippen LogP contribution is -2.34. The second-order valence-corrected chi connectivity index (χ2v) is 7.28. The molecule has 3 aromatic rings. The van der Waals surface area contributed by atoms with Crippen LogP contribution >= 0.6 is 0 Å². The van der Waals surface area contributed by atoms with Gasteiger partial charge in [-0.05, 0) is 50.2 Å². The maximum absolute atomic E-state index is 11.7. The number of rotatable bonds is 7. The van der Waals surface area contributed by atoms with E-state index >= 15 is 0 Å². The molecule has 1 unspecified atom stereocenters. The van der Waals surface area contributed by atoms with Gasteiger partial charge in [0.1, 0.15) is 17.2 Å². The molecule has 1 saturated heterocycles. The number of anilines is 1. The van der Waals surface area contributed by atoms with Crippen LogP contribution in [0, 0.1) is 0 Å². The highest BCUT2D eigenvalue weighted by Gasteiger charge is 2.22. The minimum atomic E-state index is -0.257. The number of carbonyl (C=O) groups is 1. The molecule has 2 aromatic heterocycles. The Morgan fingerprint density at radius 3 is 2.93 bits per heavy atom. The zero-order valence-corrected chi connectivity index (χ0v) is 17.3. The third-order valence-electron chi connectivity index (χ3n) is 5.38. The Morgan fingerprint density at radius 1 is 1.23 bits per heavy atom. The number of hydrogen-bond acceptors (Lipinski definition) is 7. The number of nitrogens with zero attached hydrogens (tertiary/aromatic N) is 4. The fourth-order valence-corrected chi connectivity index (χ4v) is 3.77. The van der Waals surface area contributed by atoms with E-state index in [-0.39, 0.29) is 5.91 Å². The molecule has 0 aliphatic carbocycles. The summed E-state index contributed by atoms with van der Waals surface area (Å²) >= 11 is 0. The topological polar surface area (TPSA) is 92.3 Å². The molecule has 1 atom stereocenters. The lowest BCUT2D eigenvalue weighted by molar-refractivity contribution is 0.0958. The molecule has 156 valence electrons. The number of hydrogen-bond donors (Lipinski definition) is 2. The van der Waals surface area contributed by atoms with Crippen LogP contribution in [0.2, 0.25) is 0 Å². The van der Waals surface area contributed by atoms with Crippen molar-refractivity contribution in [2.75, 3.05) is 32.0 Å². The van der Waals surface area contributed by atoms with Gasteiger partial charge in [0.05, 0.1) is 5.52 Å². The molecule has 30 heavy (non-hydrogen) atoms. The highest BCUT2D eigenvalue weighted by molar-refractivity contribution is 5.92. The Balaban J connectivity index is 1.45. The summed E-state index contributed by atoms with van der Waals surface area (Å²) < 4.78 is 5.89. The third kappa shape index (κ3) is 4.49. The van der Waals surface area contributed by atoms with E-state index in [1.54, 1.807) is 31.6 Å². The molecule has 8 nitrogen and oxygen atoms in total. The molecule has 4 rings (SSSR count). The molecule has 1 amide bonds. The summed E-state index contributed by atoms with van der Waals surface area (Å²) in [6.45, 7) is 5.31. The summed E-state index contributed by atoms with van der Waals surface area (Å²) in [5.74, 6) is 1.57. The van der Waals surface area contributed by atoms with Crippen molar-refractivity contribution in [3.63, 3.8) is 0 Å². The highest BCUT2D eigenvalue weighted by atomic mass is 16.5. The fourth-order valence-electron chi connectivity index (χ4n) is 3.77. The highest BCUT2D eigenvalue weighted by Crippen LogP contribution is 2.25. The average Bonchev–Trinajstić information content (AvgIpc) is 3.25. The minimum absolute atomic E-state index is 0.257. The first-order chi connectivity index (χ1) is 14.7.